The summed E-state index contributed by atoms with van der Waals surface area (Å²) in [6, 6.07) is 4.66. The topological polar surface area (TPSA) is 97.6 Å². The van der Waals surface area contributed by atoms with Crippen molar-refractivity contribution in [1.29, 1.82) is 0 Å². The van der Waals surface area contributed by atoms with Crippen molar-refractivity contribution in [2.75, 3.05) is 7.11 Å². The molecule has 0 fully saturated rings. The van der Waals surface area contributed by atoms with Crippen molar-refractivity contribution in [3.8, 4) is 0 Å². The van der Waals surface area contributed by atoms with E-state index in [0.29, 0.717) is 26.4 Å². The Morgan fingerprint density at radius 2 is 2.00 bits per heavy atom. The first-order chi connectivity index (χ1) is 9.60. The number of nitrogens with zero attached hydrogens (tertiary/aromatic N) is 4. The summed E-state index contributed by atoms with van der Waals surface area (Å²) < 4.78 is 4.62. The number of esters is 1. The Morgan fingerprint density at radius 1 is 1.25 bits per heavy atom. The summed E-state index contributed by atoms with van der Waals surface area (Å²) in [5, 5.41) is 23.1. The van der Waals surface area contributed by atoms with Crippen LogP contribution in [0.1, 0.15) is 10.4 Å². The Hall–Kier alpha value is -2.71. The number of ether oxygens (including phenoxy) is 1. The van der Waals surface area contributed by atoms with Gasteiger partial charge in [0.2, 0.25) is 5.82 Å². The average Bonchev–Trinajstić information content (AvgIpc) is 3.00. The molecule has 0 aromatic heterocycles. The summed E-state index contributed by atoms with van der Waals surface area (Å²) in [5.41, 5.74) is 0.334. The van der Waals surface area contributed by atoms with Crippen LogP contribution in [-0.2, 0) is 9.94 Å². The second kappa shape index (κ2) is 4.44. The van der Waals surface area contributed by atoms with Gasteiger partial charge >= 0.3 is 5.97 Å². The van der Waals surface area contributed by atoms with E-state index < -0.39 is 5.97 Å². The number of rotatable bonds is 1. The fourth-order valence-electron chi connectivity index (χ4n) is 1.87. The van der Waals surface area contributed by atoms with Crippen LogP contribution in [0.25, 0.3) is 0 Å². The molecule has 20 heavy (non-hydrogen) atoms. The van der Waals surface area contributed by atoms with Gasteiger partial charge in [0.05, 0.1) is 35.8 Å². The molecule has 101 valence electrons. The fourth-order valence-corrected chi connectivity index (χ4v) is 1.87. The molecule has 0 bridgehead atoms. The zero-order valence-corrected chi connectivity index (χ0v) is 10.3. The van der Waals surface area contributed by atoms with Crippen LogP contribution in [0.3, 0.4) is 0 Å². The quantitative estimate of drug-likeness (QED) is 0.707. The maximum Gasteiger partial charge on any atom is 0.337 e. The van der Waals surface area contributed by atoms with Gasteiger partial charge in [0.25, 0.3) is 0 Å². The summed E-state index contributed by atoms with van der Waals surface area (Å²) >= 11 is 0. The van der Waals surface area contributed by atoms with Crippen LogP contribution < -0.4 is 10.7 Å². The zero-order chi connectivity index (χ0) is 14.3. The van der Waals surface area contributed by atoms with E-state index in [4.69, 9.17) is 0 Å². The number of hydrogen-bond donors (Lipinski definition) is 1. The summed E-state index contributed by atoms with van der Waals surface area (Å²) in [4.78, 5) is 19.7. The molecule has 8 heteroatoms. The van der Waals surface area contributed by atoms with Gasteiger partial charge in [-0.3, -0.25) is 5.21 Å². The summed E-state index contributed by atoms with van der Waals surface area (Å²) in [6.07, 6.45) is 2.32. The summed E-state index contributed by atoms with van der Waals surface area (Å²) in [7, 11) is 1.29. The lowest BCUT2D eigenvalue weighted by Gasteiger charge is -2.12. The average molecular weight is 273 g/mol. The number of hydroxylamine groups is 4. The highest BCUT2D eigenvalue weighted by atomic mass is 16.6. The van der Waals surface area contributed by atoms with E-state index in [0.717, 1.165) is 6.20 Å². The number of methoxy groups -OCH3 is 1. The van der Waals surface area contributed by atoms with Gasteiger partial charge in [-0.15, -0.1) is 0 Å². The van der Waals surface area contributed by atoms with E-state index >= 15 is 0 Å². The molecule has 2 aliphatic rings. The van der Waals surface area contributed by atoms with E-state index in [9.17, 15) is 15.2 Å². The lowest BCUT2D eigenvalue weighted by atomic mass is 10.2. The molecule has 1 aromatic rings. The lowest BCUT2D eigenvalue weighted by Crippen LogP contribution is -2.23. The van der Waals surface area contributed by atoms with Gasteiger partial charge in [-0.05, 0) is 18.2 Å². The Kier molecular flexibility index (Phi) is 2.74. The SMILES string of the molecule is COC(=O)c1ccc2c(c1)=N/C(=C1/N([O])C=CN1O)N=2. The Labute approximate surface area is 112 Å². The van der Waals surface area contributed by atoms with Crippen LogP contribution in [-0.4, -0.2) is 28.4 Å². The van der Waals surface area contributed by atoms with Crippen molar-refractivity contribution in [3.63, 3.8) is 0 Å². The van der Waals surface area contributed by atoms with Crippen LogP contribution >= 0.6 is 0 Å². The predicted octanol–water partition coefficient (Wildman–Crippen LogP) is -0.324. The molecule has 1 N–H and O–H groups in total. The number of carbonyl (C=O) groups is 1. The highest BCUT2D eigenvalue weighted by molar-refractivity contribution is 5.89. The third-order valence-electron chi connectivity index (χ3n) is 2.82. The van der Waals surface area contributed by atoms with Crippen LogP contribution in [0.4, 0.5) is 0 Å². The minimum absolute atomic E-state index is 0.0736. The molecule has 0 spiro atoms. The van der Waals surface area contributed by atoms with Crippen LogP contribution in [0.15, 0.2) is 52.2 Å². The first-order valence-corrected chi connectivity index (χ1v) is 5.63. The number of hydrogen-bond acceptors (Lipinski definition) is 7. The Balaban J connectivity index is 2.11. The normalized spacial score (nSPS) is 19.8. The van der Waals surface area contributed by atoms with E-state index in [2.05, 4.69) is 14.7 Å². The molecule has 2 aliphatic heterocycles. The van der Waals surface area contributed by atoms with Crippen molar-refractivity contribution in [2.24, 2.45) is 9.98 Å². The third-order valence-corrected chi connectivity index (χ3v) is 2.82. The van der Waals surface area contributed by atoms with Crippen molar-refractivity contribution < 1.29 is 19.9 Å². The van der Waals surface area contributed by atoms with Gasteiger partial charge in [0, 0.05) is 0 Å². The van der Waals surface area contributed by atoms with Gasteiger partial charge in [-0.25, -0.2) is 19.8 Å². The smallest absolute Gasteiger partial charge is 0.337 e. The first-order valence-electron chi connectivity index (χ1n) is 5.63. The summed E-state index contributed by atoms with van der Waals surface area (Å²) in [6.45, 7) is 0. The molecule has 0 aliphatic carbocycles. The second-order valence-corrected chi connectivity index (χ2v) is 4.03. The molecule has 1 radical (unpaired) electrons. The van der Waals surface area contributed by atoms with E-state index in [1.165, 1.54) is 19.4 Å². The molecule has 0 saturated heterocycles. The van der Waals surface area contributed by atoms with Gasteiger partial charge in [-0.1, -0.05) is 5.21 Å². The minimum atomic E-state index is -0.485. The molecular weight excluding hydrogens is 264 g/mol. The first kappa shape index (κ1) is 12.3. The number of fused-ring (bicyclic) bond motifs is 1. The Bertz CT molecular complexity index is 754. The van der Waals surface area contributed by atoms with Crippen LogP contribution in [0, 0.1) is 0 Å². The highest BCUT2D eigenvalue weighted by Gasteiger charge is 2.24. The Morgan fingerprint density at radius 3 is 2.65 bits per heavy atom. The number of carbonyl (C=O) groups excluding carboxylic acids is 1. The monoisotopic (exact) mass is 273 g/mol. The fraction of sp³-hybridized carbons (Fsp3) is 0.0833. The molecule has 2 heterocycles. The predicted molar refractivity (Wildman–Crippen MR) is 62.4 cm³/mol. The molecule has 3 rings (SSSR count). The van der Waals surface area contributed by atoms with Crippen molar-refractivity contribution in [2.45, 2.75) is 0 Å². The molecule has 1 aromatic carbocycles. The third kappa shape index (κ3) is 1.83. The van der Waals surface area contributed by atoms with Crippen LogP contribution in [0.5, 0.6) is 0 Å². The van der Waals surface area contributed by atoms with Crippen molar-refractivity contribution in [1.82, 2.24) is 10.1 Å². The lowest BCUT2D eigenvalue weighted by molar-refractivity contribution is -0.126. The largest absolute Gasteiger partial charge is 0.465 e. The highest BCUT2D eigenvalue weighted by Crippen LogP contribution is 2.21. The standard InChI is InChI=1S/C12H9N4O4/c1-20-12(17)7-2-3-8-9(6-7)14-10(13-8)11-15(18)4-5-16(11)19/h2-6,18H,1H3/b11-10+. The molecule has 0 saturated carbocycles. The molecule has 0 amide bonds. The van der Waals surface area contributed by atoms with Gasteiger partial charge in [0.1, 0.15) is 0 Å². The zero-order valence-electron chi connectivity index (χ0n) is 10.3. The minimum Gasteiger partial charge on any atom is -0.465 e. The van der Waals surface area contributed by atoms with Gasteiger partial charge in [-0.2, -0.15) is 5.06 Å². The van der Waals surface area contributed by atoms with E-state index in [-0.39, 0.29) is 11.6 Å². The van der Waals surface area contributed by atoms with Crippen molar-refractivity contribution in [3.05, 3.63) is 58.5 Å². The second-order valence-electron chi connectivity index (χ2n) is 4.03. The van der Waals surface area contributed by atoms with Gasteiger partial charge < -0.3 is 4.74 Å². The summed E-state index contributed by atoms with van der Waals surface area (Å²) in [5.74, 6) is -0.508. The maximum absolute atomic E-state index is 11.5. The maximum atomic E-state index is 11.5. The van der Waals surface area contributed by atoms with Gasteiger partial charge in [0.15, 0.2) is 5.82 Å². The molecular formula is C12H9N4O4. The van der Waals surface area contributed by atoms with E-state index in [1.807, 2.05) is 0 Å². The van der Waals surface area contributed by atoms with Crippen LogP contribution in [0.2, 0.25) is 0 Å². The molecule has 0 unspecified atom stereocenters. The molecule has 8 nitrogen and oxygen atoms in total. The van der Waals surface area contributed by atoms with Crippen molar-refractivity contribution >= 4 is 5.97 Å². The molecule has 0 atom stereocenters. The van der Waals surface area contributed by atoms with E-state index in [1.54, 1.807) is 12.1 Å². The number of benzene rings is 1.